The van der Waals surface area contributed by atoms with Crippen molar-refractivity contribution in [3.63, 3.8) is 0 Å². The molecule has 2 bridgehead atoms. The number of esters is 1. The van der Waals surface area contributed by atoms with Gasteiger partial charge in [0.05, 0.1) is 5.41 Å². The number of hydrogen-bond acceptors (Lipinski definition) is 5. The minimum Gasteiger partial charge on any atom is -0.450 e. The average Bonchev–Trinajstić information content (AvgIpc) is 2.84. The van der Waals surface area contributed by atoms with Crippen molar-refractivity contribution < 1.29 is 18.7 Å². The van der Waals surface area contributed by atoms with Gasteiger partial charge in [0.15, 0.2) is 5.60 Å². The van der Waals surface area contributed by atoms with Crippen molar-refractivity contribution >= 4 is 22.7 Å². The second-order valence-corrected chi connectivity index (χ2v) is 7.51. The van der Waals surface area contributed by atoms with Crippen molar-refractivity contribution in [1.82, 2.24) is 0 Å². The summed E-state index contributed by atoms with van der Waals surface area (Å²) in [5.41, 5.74) is -1.88. The zero-order chi connectivity index (χ0) is 17.3. The van der Waals surface area contributed by atoms with Gasteiger partial charge < -0.3 is 9.15 Å². The van der Waals surface area contributed by atoms with Gasteiger partial charge in [-0.3, -0.25) is 9.59 Å². The lowest BCUT2D eigenvalue weighted by atomic mass is 9.64. The highest BCUT2D eigenvalue weighted by Crippen LogP contribution is 2.66. The molecule has 2 aromatic rings. The Morgan fingerprint density at radius 3 is 2.42 bits per heavy atom. The molecule has 1 saturated carbocycles. The average molecular weight is 326 g/mol. The second-order valence-electron chi connectivity index (χ2n) is 7.51. The van der Waals surface area contributed by atoms with E-state index < -0.39 is 22.1 Å². The molecule has 2 fully saturated rings. The van der Waals surface area contributed by atoms with Crippen LogP contribution in [0.15, 0.2) is 39.5 Å². The number of benzene rings is 1. The summed E-state index contributed by atoms with van der Waals surface area (Å²) in [6.45, 7) is 5.75. The lowest BCUT2D eigenvalue weighted by molar-refractivity contribution is -0.156. The van der Waals surface area contributed by atoms with E-state index in [0.29, 0.717) is 29.4 Å². The lowest BCUT2D eigenvalue weighted by Crippen LogP contribution is -2.47. The maximum Gasteiger partial charge on any atom is 0.336 e. The fraction of sp³-hybridized carbons (Fsp3) is 0.421. The Hall–Kier alpha value is -2.43. The number of rotatable bonds is 2. The molecule has 2 unspecified atom stereocenters. The van der Waals surface area contributed by atoms with Gasteiger partial charge in [-0.1, -0.05) is 13.8 Å². The van der Waals surface area contributed by atoms with Gasteiger partial charge in [-0.05, 0) is 44.0 Å². The van der Waals surface area contributed by atoms with Crippen LogP contribution in [0.1, 0.15) is 44.0 Å². The third-order valence-electron chi connectivity index (χ3n) is 6.33. The van der Waals surface area contributed by atoms with Gasteiger partial charge in [0.2, 0.25) is 5.78 Å². The van der Waals surface area contributed by atoms with Crippen LogP contribution in [-0.4, -0.2) is 17.4 Å². The van der Waals surface area contributed by atoms with Crippen LogP contribution < -0.4 is 5.63 Å². The third kappa shape index (κ3) is 1.57. The molecule has 5 heteroatoms. The number of ketones is 1. The quantitative estimate of drug-likeness (QED) is 0.482. The highest BCUT2D eigenvalue weighted by molar-refractivity contribution is 6.08. The van der Waals surface area contributed by atoms with Gasteiger partial charge in [0.25, 0.3) is 0 Å². The van der Waals surface area contributed by atoms with Crippen LogP contribution in [0.25, 0.3) is 11.0 Å². The van der Waals surface area contributed by atoms with Crippen molar-refractivity contribution in [3.8, 4) is 0 Å². The molecule has 0 N–H and O–H groups in total. The summed E-state index contributed by atoms with van der Waals surface area (Å²) in [5, 5.41) is 0.666. The van der Waals surface area contributed by atoms with Gasteiger partial charge in [-0.2, -0.15) is 0 Å². The van der Waals surface area contributed by atoms with Crippen molar-refractivity contribution in [2.45, 2.75) is 39.2 Å². The van der Waals surface area contributed by atoms with Crippen LogP contribution in [0.2, 0.25) is 0 Å². The molecule has 124 valence electrons. The fourth-order valence-corrected chi connectivity index (χ4v) is 4.19. The molecule has 2 heterocycles. The van der Waals surface area contributed by atoms with Crippen LogP contribution in [0, 0.1) is 10.8 Å². The summed E-state index contributed by atoms with van der Waals surface area (Å²) in [7, 11) is 0. The molecule has 1 aliphatic carbocycles. The smallest absolute Gasteiger partial charge is 0.336 e. The molecule has 0 spiro atoms. The summed E-state index contributed by atoms with van der Waals surface area (Å²) in [6.07, 6.45) is 1.18. The monoisotopic (exact) mass is 326 g/mol. The van der Waals surface area contributed by atoms with E-state index in [1.54, 1.807) is 24.3 Å². The molecule has 5 nitrogen and oxygen atoms in total. The van der Waals surface area contributed by atoms with E-state index in [1.807, 2.05) is 20.8 Å². The molecule has 0 amide bonds. The molecular formula is C19H18O5. The van der Waals surface area contributed by atoms with E-state index in [9.17, 15) is 14.4 Å². The van der Waals surface area contributed by atoms with Crippen molar-refractivity contribution in [3.05, 3.63) is 46.3 Å². The van der Waals surface area contributed by atoms with Crippen molar-refractivity contribution in [2.75, 3.05) is 0 Å². The largest absolute Gasteiger partial charge is 0.450 e. The molecule has 0 radical (unpaired) electrons. The van der Waals surface area contributed by atoms with Crippen LogP contribution >= 0.6 is 0 Å². The van der Waals surface area contributed by atoms with Gasteiger partial charge >= 0.3 is 11.6 Å². The van der Waals surface area contributed by atoms with Crippen molar-refractivity contribution in [1.29, 1.82) is 0 Å². The number of Topliss-reactive ketones (excluding diaryl/α,β-unsaturated/α-hetero) is 1. The van der Waals surface area contributed by atoms with E-state index in [0.717, 1.165) is 0 Å². The molecule has 4 rings (SSSR count). The predicted molar refractivity (Wildman–Crippen MR) is 86.8 cm³/mol. The Morgan fingerprint density at radius 2 is 1.79 bits per heavy atom. The van der Waals surface area contributed by atoms with E-state index >= 15 is 0 Å². The molecule has 2 aliphatic rings. The summed E-state index contributed by atoms with van der Waals surface area (Å²) in [6, 6.07) is 7.87. The normalized spacial score (nSPS) is 30.5. The molecule has 1 aromatic heterocycles. The fourth-order valence-electron chi connectivity index (χ4n) is 4.19. The van der Waals surface area contributed by atoms with E-state index in [-0.39, 0.29) is 11.8 Å². The van der Waals surface area contributed by atoms with Gasteiger partial charge in [-0.15, -0.1) is 0 Å². The molecule has 1 aromatic carbocycles. The second kappa shape index (κ2) is 4.35. The van der Waals surface area contributed by atoms with Gasteiger partial charge in [0.1, 0.15) is 5.58 Å². The summed E-state index contributed by atoms with van der Waals surface area (Å²) < 4.78 is 10.8. The Kier molecular flexibility index (Phi) is 2.74. The number of carbonyl (C=O) groups excluding carboxylic acids is 2. The Bertz CT molecular complexity index is 954. The molecular weight excluding hydrogens is 308 g/mol. The van der Waals surface area contributed by atoms with Crippen LogP contribution in [0.3, 0.4) is 0 Å². The molecule has 2 atom stereocenters. The minimum absolute atomic E-state index is 0.185. The first-order chi connectivity index (χ1) is 11.2. The van der Waals surface area contributed by atoms with Crippen molar-refractivity contribution in [2.24, 2.45) is 10.8 Å². The summed E-state index contributed by atoms with van der Waals surface area (Å²) >= 11 is 0. The minimum atomic E-state index is -1.12. The number of hydrogen-bond donors (Lipinski definition) is 0. The highest BCUT2D eigenvalue weighted by atomic mass is 16.6. The highest BCUT2D eigenvalue weighted by Gasteiger charge is 2.75. The van der Waals surface area contributed by atoms with Gasteiger partial charge in [-0.25, -0.2) is 4.79 Å². The topological polar surface area (TPSA) is 73.6 Å². The van der Waals surface area contributed by atoms with Crippen LogP contribution in [0.5, 0.6) is 0 Å². The lowest BCUT2D eigenvalue weighted by Gasteiger charge is -2.35. The Balaban J connectivity index is 1.83. The van der Waals surface area contributed by atoms with Crippen LogP contribution in [0.4, 0.5) is 0 Å². The van der Waals surface area contributed by atoms with E-state index in [1.165, 1.54) is 6.07 Å². The SMILES string of the molecule is CC12CCC(C(=O)c3ccc4oc(=O)ccc4c3)(OC1=O)C2(C)C. The zero-order valence-corrected chi connectivity index (χ0v) is 13.8. The standard InChI is InChI=1S/C19H18O5/c1-17(2)18(3)8-9-19(17,24-16(18)22)15(21)12-4-6-13-11(10-12)5-7-14(20)23-13/h4-7,10H,8-9H2,1-3H3. The maximum absolute atomic E-state index is 13.3. The third-order valence-corrected chi connectivity index (χ3v) is 6.33. The summed E-state index contributed by atoms with van der Waals surface area (Å²) in [4.78, 5) is 36.9. The molecule has 24 heavy (non-hydrogen) atoms. The maximum atomic E-state index is 13.3. The molecule has 1 saturated heterocycles. The van der Waals surface area contributed by atoms with Crippen LogP contribution in [-0.2, 0) is 9.53 Å². The first-order valence-corrected chi connectivity index (χ1v) is 8.03. The predicted octanol–water partition coefficient (Wildman–Crippen LogP) is 3.10. The number of fused-ring (bicyclic) bond motifs is 3. The Labute approximate surface area is 138 Å². The first-order valence-electron chi connectivity index (χ1n) is 8.03. The number of carbonyl (C=O) groups is 2. The van der Waals surface area contributed by atoms with E-state index in [4.69, 9.17) is 9.15 Å². The zero-order valence-electron chi connectivity index (χ0n) is 13.8. The first kappa shape index (κ1) is 15.1. The van der Waals surface area contributed by atoms with Gasteiger partial charge in [0, 0.05) is 22.4 Å². The molecule has 1 aliphatic heterocycles. The summed E-state index contributed by atoms with van der Waals surface area (Å²) in [5.74, 6) is -0.478. The number of ether oxygens (including phenoxy) is 1. The Morgan fingerprint density at radius 1 is 1.04 bits per heavy atom. The van der Waals surface area contributed by atoms with E-state index in [2.05, 4.69) is 0 Å².